The first-order valence-corrected chi connectivity index (χ1v) is 29.1. The molecule has 1 atom stereocenters. The van der Waals surface area contributed by atoms with Crippen LogP contribution in [-0.2, 0) is 10.8 Å². The number of hydrogen-bond acceptors (Lipinski definition) is 4. The zero-order chi connectivity index (χ0) is 56.7. The molecule has 0 spiro atoms. The van der Waals surface area contributed by atoms with Gasteiger partial charge >= 0.3 is 0 Å². The Labute approximate surface area is 490 Å². The van der Waals surface area contributed by atoms with Crippen molar-refractivity contribution in [1.82, 2.24) is 0 Å². The van der Waals surface area contributed by atoms with Crippen molar-refractivity contribution in [3.05, 3.63) is 320 Å². The van der Waals surface area contributed by atoms with Crippen molar-refractivity contribution in [3.63, 3.8) is 0 Å². The Morgan fingerprint density at radius 1 is 0.325 bits per heavy atom. The molecule has 4 nitrogen and oxygen atoms in total. The lowest BCUT2D eigenvalue weighted by molar-refractivity contribution is 0.660. The van der Waals surface area contributed by atoms with Crippen LogP contribution in [0.3, 0.4) is 0 Å². The topological polar surface area (TPSA) is 13.0 Å². The van der Waals surface area contributed by atoms with Gasteiger partial charge in [0.1, 0.15) is 0 Å². The summed E-state index contributed by atoms with van der Waals surface area (Å²) in [5, 5.41) is 0. The lowest BCUT2D eigenvalue weighted by Gasteiger charge is -2.32. The maximum Gasteiger partial charge on any atom is 0.0522 e. The predicted molar refractivity (Wildman–Crippen MR) is 353 cm³/mol. The number of benzene rings is 11. The van der Waals surface area contributed by atoms with Gasteiger partial charge in [0, 0.05) is 73.4 Å². The summed E-state index contributed by atoms with van der Waals surface area (Å²) in [6, 6.07) is 100. The first kappa shape index (κ1) is 52.5. The smallest absolute Gasteiger partial charge is 0.0522 e. The Hall–Kier alpha value is -9.90. The van der Waals surface area contributed by atoms with Crippen molar-refractivity contribution in [1.29, 1.82) is 0 Å². The van der Waals surface area contributed by atoms with Crippen molar-refractivity contribution in [2.45, 2.75) is 57.9 Å². The number of anilines is 11. The number of para-hydroxylation sites is 3. The van der Waals surface area contributed by atoms with Gasteiger partial charge < -0.3 is 19.6 Å². The van der Waals surface area contributed by atoms with Gasteiger partial charge in [-0.05, 0) is 196 Å². The van der Waals surface area contributed by atoms with Gasteiger partial charge in [-0.1, -0.05) is 199 Å². The van der Waals surface area contributed by atoms with E-state index in [1.165, 1.54) is 44.5 Å². The molecule has 0 saturated carbocycles. The average molecular weight is 1070 g/mol. The summed E-state index contributed by atoms with van der Waals surface area (Å²) in [7, 11) is 0. The van der Waals surface area contributed by atoms with Crippen molar-refractivity contribution in [3.8, 4) is 33.4 Å². The van der Waals surface area contributed by atoms with E-state index in [2.05, 4.69) is 346 Å². The molecule has 4 heteroatoms. The van der Waals surface area contributed by atoms with E-state index < -0.39 is 0 Å². The quantitative estimate of drug-likeness (QED) is 0.0894. The average Bonchev–Trinajstić information content (AvgIpc) is 2.72. The zero-order valence-corrected chi connectivity index (χ0v) is 48.0. The van der Waals surface area contributed by atoms with E-state index in [-0.39, 0.29) is 16.9 Å². The molecule has 404 valence electrons. The van der Waals surface area contributed by atoms with E-state index in [9.17, 15) is 0 Å². The van der Waals surface area contributed by atoms with Gasteiger partial charge in [-0.15, -0.1) is 0 Å². The van der Waals surface area contributed by atoms with Gasteiger partial charge in [-0.3, -0.25) is 0 Å². The Bertz CT molecular complexity index is 4090. The minimum Gasteiger partial charge on any atom is -0.335 e. The van der Waals surface area contributed by atoms with E-state index in [1.807, 2.05) is 6.08 Å². The van der Waals surface area contributed by atoms with Crippen molar-refractivity contribution in [2.75, 3.05) is 19.6 Å². The van der Waals surface area contributed by atoms with Gasteiger partial charge in [0.25, 0.3) is 0 Å². The molecule has 0 N–H and O–H groups in total. The Balaban J connectivity index is 0.868. The highest BCUT2D eigenvalue weighted by Gasteiger charge is 2.37. The van der Waals surface area contributed by atoms with Crippen LogP contribution in [0.1, 0.15) is 63.3 Å². The highest BCUT2D eigenvalue weighted by atomic mass is 15.2. The lowest BCUT2D eigenvalue weighted by Crippen LogP contribution is -2.28. The molecule has 11 aromatic rings. The fourth-order valence-corrected chi connectivity index (χ4v) is 13.0. The monoisotopic (exact) mass is 1070 g/mol. The molecular formula is C79H68N4. The lowest BCUT2D eigenvalue weighted by atomic mass is 9.82. The number of nitrogens with zero attached hydrogens (tertiary/aromatic N) is 4. The summed E-state index contributed by atoms with van der Waals surface area (Å²) in [6.07, 6.45) is 7.10. The summed E-state index contributed by atoms with van der Waals surface area (Å²) in [5.41, 5.74) is 24.8. The van der Waals surface area contributed by atoms with Crippen LogP contribution in [0.2, 0.25) is 0 Å². The van der Waals surface area contributed by atoms with Gasteiger partial charge in [0.15, 0.2) is 0 Å². The third-order valence-corrected chi connectivity index (χ3v) is 17.3. The largest absolute Gasteiger partial charge is 0.335 e. The molecule has 0 aliphatic heterocycles. The fourth-order valence-electron chi connectivity index (χ4n) is 13.0. The number of hydrogen-bond donors (Lipinski definition) is 0. The van der Waals surface area contributed by atoms with Crippen LogP contribution in [0, 0.1) is 0 Å². The first-order valence-electron chi connectivity index (χ1n) is 29.1. The first-order chi connectivity index (χ1) is 40.6. The summed E-state index contributed by atoms with van der Waals surface area (Å²) in [5.74, 6) is 0. The normalized spacial score (nSPS) is 13.6. The van der Waals surface area contributed by atoms with Crippen LogP contribution in [0.15, 0.2) is 298 Å². The summed E-state index contributed by atoms with van der Waals surface area (Å²) >= 11 is 0. The Kier molecular flexibility index (Phi) is 13.8. The van der Waals surface area contributed by atoms with Gasteiger partial charge in [0.05, 0.1) is 6.04 Å². The molecule has 0 radical (unpaired) electrons. The van der Waals surface area contributed by atoms with E-state index in [1.54, 1.807) is 0 Å². The number of fused-ring (bicyclic) bond motifs is 6. The van der Waals surface area contributed by atoms with Crippen molar-refractivity contribution < 1.29 is 0 Å². The minimum atomic E-state index is -0.0931. The molecule has 2 aliphatic rings. The van der Waals surface area contributed by atoms with Crippen molar-refractivity contribution in [2.24, 2.45) is 0 Å². The molecule has 0 amide bonds. The third-order valence-electron chi connectivity index (χ3n) is 17.3. The summed E-state index contributed by atoms with van der Waals surface area (Å²) in [6.45, 7) is 15.6. The molecule has 2 aliphatic carbocycles. The molecule has 0 fully saturated rings. The van der Waals surface area contributed by atoms with E-state index in [0.717, 1.165) is 80.1 Å². The number of rotatable bonds is 16. The second kappa shape index (κ2) is 21.9. The van der Waals surface area contributed by atoms with Crippen LogP contribution in [-0.4, -0.2) is 6.04 Å². The fraction of sp³-hybridized carbons (Fsp3) is 0.114. The summed E-state index contributed by atoms with van der Waals surface area (Å²) < 4.78 is 0. The molecular weight excluding hydrogens is 1000 g/mol. The summed E-state index contributed by atoms with van der Waals surface area (Å²) in [4.78, 5) is 9.55. The Morgan fingerprint density at radius 2 is 0.614 bits per heavy atom. The molecule has 0 heterocycles. The van der Waals surface area contributed by atoms with E-state index in [0.29, 0.717) is 0 Å². The van der Waals surface area contributed by atoms with Crippen LogP contribution in [0.5, 0.6) is 0 Å². The highest BCUT2D eigenvalue weighted by Crippen LogP contribution is 2.53. The zero-order valence-electron chi connectivity index (χ0n) is 48.0. The molecule has 0 aromatic heterocycles. The molecule has 13 rings (SSSR count). The second-order valence-electron chi connectivity index (χ2n) is 22.9. The molecule has 83 heavy (non-hydrogen) atoms. The maximum absolute atomic E-state index is 3.98. The molecule has 0 bridgehead atoms. The van der Waals surface area contributed by atoms with E-state index in [4.69, 9.17) is 0 Å². The molecule has 11 aromatic carbocycles. The minimum absolute atomic E-state index is 0.0926. The van der Waals surface area contributed by atoms with Crippen LogP contribution < -0.4 is 19.6 Å². The van der Waals surface area contributed by atoms with E-state index >= 15 is 0 Å². The standard InChI is InChI=1S/C79H68N4/c1-7-9-23-58(8-2)80(59-24-13-10-14-25-59)64-42-46-66(47-43-64)82(68-50-52-76-72(54-68)70-30-19-21-32-74(70)78(76,3)4)62-38-34-56(35-39-62)57-36-40-63(41-37-57)83(69-51-53-77-73(55-69)71-31-20-22-33-75(71)79(77,5)6)67-48-44-65(45-49-67)81(60-26-15-11-16-27-60)61-28-17-12-18-29-61/h7,9-55,58H,1,8H2,2-6H3/b23-9-. The predicted octanol–water partition coefficient (Wildman–Crippen LogP) is 22.0. The second-order valence-corrected chi connectivity index (χ2v) is 22.9. The van der Waals surface area contributed by atoms with Crippen LogP contribution in [0.25, 0.3) is 33.4 Å². The highest BCUT2D eigenvalue weighted by molar-refractivity contribution is 5.90. The van der Waals surface area contributed by atoms with Crippen LogP contribution in [0.4, 0.5) is 62.6 Å². The molecule has 0 saturated heterocycles. The van der Waals surface area contributed by atoms with Crippen LogP contribution >= 0.6 is 0 Å². The Morgan fingerprint density at radius 3 is 1.00 bits per heavy atom. The number of allylic oxidation sites excluding steroid dienone is 2. The van der Waals surface area contributed by atoms with Gasteiger partial charge in [-0.2, -0.15) is 0 Å². The third kappa shape index (κ3) is 9.60. The SMILES string of the molecule is C=C/C=C\C(CC)N(c1ccccc1)c1ccc(N(c2ccc(-c3ccc(N(c4ccc(N(c5ccccc5)c5ccccc5)cc4)c4ccc5c(c4)-c4ccccc4C5(C)C)cc3)cc2)c2ccc3c(c2)-c2ccccc2C3(C)C)cc1. The maximum atomic E-state index is 3.98. The van der Waals surface area contributed by atoms with Gasteiger partial charge in [0.2, 0.25) is 0 Å². The molecule has 1 unspecified atom stereocenters. The van der Waals surface area contributed by atoms with Crippen molar-refractivity contribution >= 4 is 62.6 Å². The van der Waals surface area contributed by atoms with Gasteiger partial charge in [-0.25, -0.2) is 0 Å².